The average molecular weight is 430 g/mol. The van der Waals surface area contributed by atoms with Crippen molar-refractivity contribution in [2.45, 2.75) is 38.1 Å². The Morgan fingerprint density at radius 1 is 1.06 bits per heavy atom. The van der Waals surface area contributed by atoms with Crippen molar-refractivity contribution in [3.05, 3.63) is 95.3 Å². The second-order valence-electron chi connectivity index (χ2n) is 8.77. The smallest absolute Gasteiger partial charge is 0.310 e. The molecule has 0 spiro atoms. The van der Waals surface area contributed by atoms with E-state index >= 15 is 0 Å². The van der Waals surface area contributed by atoms with Crippen molar-refractivity contribution in [2.24, 2.45) is 5.92 Å². The minimum Gasteiger partial charge on any atom is -0.481 e. The first-order valence-corrected chi connectivity index (χ1v) is 11.3. The molecule has 0 fully saturated rings. The molecule has 0 amide bonds. The van der Waals surface area contributed by atoms with Crippen molar-refractivity contribution in [1.29, 1.82) is 0 Å². The van der Waals surface area contributed by atoms with Gasteiger partial charge in [-0.15, -0.1) is 0 Å². The summed E-state index contributed by atoms with van der Waals surface area (Å²) in [7, 11) is 0. The minimum atomic E-state index is -0.796. The van der Waals surface area contributed by atoms with Crippen LogP contribution in [0.3, 0.4) is 0 Å². The van der Waals surface area contributed by atoms with E-state index in [0.717, 1.165) is 42.0 Å². The van der Waals surface area contributed by atoms with Gasteiger partial charge in [0.05, 0.1) is 17.3 Å². The summed E-state index contributed by atoms with van der Waals surface area (Å²) < 4.78 is 0. The number of benzene rings is 2. The van der Waals surface area contributed by atoms with Gasteiger partial charge >= 0.3 is 5.97 Å². The molecule has 32 heavy (non-hydrogen) atoms. The zero-order valence-corrected chi connectivity index (χ0v) is 18.7. The predicted molar refractivity (Wildman–Crippen MR) is 128 cm³/mol. The quantitative estimate of drug-likeness (QED) is 0.470. The predicted octanol–water partition coefficient (Wildman–Crippen LogP) is 4.99. The Balaban J connectivity index is 1.50. The fraction of sp³-hybridized carbons (Fsp3) is 0.333. The molecular weight excluding hydrogens is 398 g/mol. The Morgan fingerprint density at radius 2 is 1.81 bits per heavy atom. The van der Waals surface area contributed by atoms with Crippen LogP contribution in [0.15, 0.2) is 72.9 Å². The number of rotatable bonds is 8. The van der Waals surface area contributed by atoms with Gasteiger partial charge in [0.25, 0.3) is 0 Å². The standard InChI is InChI=1S/C27H31N3O2/c1-18(21-10-6-11-22(14-21)19(2)27(31)32)16-30-26(20-8-4-3-5-9-20)23-15-25-24(29-17-23)12-7-13-28-25/h3-14,18-19,23,26,29-30H,15-17H2,1-2H3,(H,31,32)/t18-,19-,23+,26+/m0/s1. The van der Waals surface area contributed by atoms with Gasteiger partial charge in [0, 0.05) is 31.2 Å². The van der Waals surface area contributed by atoms with Crippen LogP contribution in [0, 0.1) is 5.92 Å². The topological polar surface area (TPSA) is 74.2 Å². The van der Waals surface area contributed by atoms with Gasteiger partial charge in [-0.05, 0) is 48.1 Å². The average Bonchev–Trinajstić information content (AvgIpc) is 2.84. The number of fused-ring (bicyclic) bond motifs is 1. The van der Waals surface area contributed by atoms with E-state index in [1.807, 2.05) is 36.5 Å². The Morgan fingerprint density at radius 3 is 2.59 bits per heavy atom. The zero-order valence-electron chi connectivity index (χ0n) is 18.7. The largest absolute Gasteiger partial charge is 0.481 e. The van der Waals surface area contributed by atoms with Crippen molar-refractivity contribution in [2.75, 3.05) is 18.4 Å². The number of carbonyl (C=O) groups is 1. The van der Waals surface area contributed by atoms with Gasteiger partial charge in [0.2, 0.25) is 0 Å². The lowest BCUT2D eigenvalue weighted by Crippen LogP contribution is -2.37. The number of anilines is 1. The zero-order chi connectivity index (χ0) is 22.5. The fourth-order valence-corrected chi connectivity index (χ4v) is 4.47. The van der Waals surface area contributed by atoms with Crippen LogP contribution in [0.2, 0.25) is 0 Å². The van der Waals surface area contributed by atoms with Crippen molar-refractivity contribution in [3.63, 3.8) is 0 Å². The van der Waals surface area contributed by atoms with Gasteiger partial charge in [-0.3, -0.25) is 9.78 Å². The highest BCUT2D eigenvalue weighted by Crippen LogP contribution is 2.32. The van der Waals surface area contributed by atoms with Crippen LogP contribution in [0.4, 0.5) is 5.69 Å². The lowest BCUT2D eigenvalue weighted by molar-refractivity contribution is -0.138. The van der Waals surface area contributed by atoms with Crippen LogP contribution in [0.25, 0.3) is 0 Å². The van der Waals surface area contributed by atoms with Crippen molar-refractivity contribution < 1.29 is 9.90 Å². The summed E-state index contributed by atoms with van der Waals surface area (Å²) in [5, 5.41) is 16.7. The third-order valence-corrected chi connectivity index (χ3v) is 6.52. The molecule has 0 unspecified atom stereocenters. The Labute approximate surface area is 189 Å². The first kappa shape index (κ1) is 22.0. The molecule has 3 aromatic rings. The van der Waals surface area contributed by atoms with Crippen LogP contribution in [0.5, 0.6) is 0 Å². The number of aromatic nitrogens is 1. The minimum absolute atomic E-state index is 0.197. The molecule has 2 heterocycles. The molecule has 0 aliphatic carbocycles. The maximum Gasteiger partial charge on any atom is 0.310 e. The number of nitrogens with one attached hydrogen (secondary N) is 2. The van der Waals surface area contributed by atoms with Crippen LogP contribution in [-0.4, -0.2) is 29.1 Å². The van der Waals surface area contributed by atoms with Crippen LogP contribution < -0.4 is 10.6 Å². The summed E-state index contributed by atoms with van der Waals surface area (Å²) in [6.45, 7) is 5.62. The molecule has 1 aliphatic rings. The second-order valence-corrected chi connectivity index (χ2v) is 8.77. The fourth-order valence-electron chi connectivity index (χ4n) is 4.47. The molecule has 0 radical (unpaired) electrons. The number of nitrogens with zero attached hydrogens (tertiary/aromatic N) is 1. The van der Waals surface area contributed by atoms with Gasteiger partial charge in [-0.2, -0.15) is 0 Å². The monoisotopic (exact) mass is 429 g/mol. The number of carboxylic acid groups (broad SMARTS) is 1. The van der Waals surface area contributed by atoms with Crippen LogP contribution >= 0.6 is 0 Å². The highest BCUT2D eigenvalue weighted by atomic mass is 16.4. The summed E-state index contributed by atoms with van der Waals surface area (Å²) in [6.07, 6.45) is 2.79. The molecule has 166 valence electrons. The molecule has 0 saturated heterocycles. The van der Waals surface area contributed by atoms with Gasteiger partial charge in [0.15, 0.2) is 0 Å². The highest BCUT2D eigenvalue weighted by Gasteiger charge is 2.28. The molecule has 4 atom stereocenters. The summed E-state index contributed by atoms with van der Waals surface area (Å²) in [5.74, 6) is -0.668. The van der Waals surface area contributed by atoms with Gasteiger partial charge in [0.1, 0.15) is 0 Å². The maximum atomic E-state index is 11.4. The Bertz CT molecular complexity index is 1050. The molecule has 3 N–H and O–H groups in total. The van der Waals surface area contributed by atoms with E-state index in [2.05, 4.69) is 58.9 Å². The van der Waals surface area contributed by atoms with E-state index in [1.54, 1.807) is 6.92 Å². The number of hydrogen-bond acceptors (Lipinski definition) is 4. The van der Waals surface area contributed by atoms with E-state index in [0.29, 0.717) is 5.92 Å². The maximum absolute atomic E-state index is 11.4. The third-order valence-electron chi connectivity index (χ3n) is 6.52. The first-order chi connectivity index (χ1) is 15.5. The van der Waals surface area contributed by atoms with E-state index in [1.165, 1.54) is 5.56 Å². The molecule has 1 aromatic heterocycles. The number of hydrogen-bond donors (Lipinski definition) is 3. The second kappa shape index (κ2) is 9.96. The van der Waals surface area contributed by atoms with Crippen LogP contribution in [0.1, 0.15) is 54.1 Å². The third kappa shape index (κ3) is 5.00. The van der Waals surface area contributed by atoms with Crippen LogP contribution in [-0.2, 0) is 11.2 Å². The van der Waals surface area contributed by atoms with E-state index in [4.69, 9.17) is 0 Å². The molecule has 0 saturated carbocycles. The van der Waals surface area contributed by atoms with Crippen molar-refractivity contribution in [1.82, 2.24) is 10.3 Å². The summed E-state index contributed by atoms with van der Waals surface area (Å²) in [6, 6.07) is 22.8. The van der Waals surface area contributed by atoms with Gasteiger partial charge in [-0.1, -0.05) is 61.5 Å². The normalized spacial score (nSPS) is 18.1. The molecule has 5 nitrogen and oxygen atoms in total. The van der Waals surface area contributed by atoms with E-state index in [-0.39, 0.29) is 12.0 Å². The first-order valence-electron chi connectivity index (χ1n) is 11.3. The lowest BCUT2D eigenvalue weighted by atomic mass is 9.86. The number of aliphatic carboxylic acids is 1. The van der Waals surface area contributed by atoms with Gasteiger partial charge in [-0.25, -0.2) is 0 Å². The van der Waals surface area contributed by atoms with Gasteiger partial charge < -0.3 is 15.7 Å². The summed E-state index contributed by atoms with van der Waals surface area (Å²) >= 11 is 0. The Kier molecular flexibility index (Phi) is 6.86. The molecule has 1 aliphatic heterocycles. The molecule has 2 aromatic carbocycles. The Hall–Kier alpha value is -3.18. The number of carboxylic acids is 1. The van der Waals surface area contributed by atoms with Crippen molar-refractivity contribution in [3.8, 4) is 0 Å². The SMILES string of the molecule is C[C@H](C(=O)O)c1cccc([C@@H](C)CN[C@H](c2ccccc2)[C@H]2CNc3cccnc3C2)c1. The lowest BCUT2D eigenvalue weighted by Gasteiger charge is -2.33. The molecule has 5 heteroatoms. The van der Waals surface area contributed by atoms with Crippen molar-refractivity contribution >= 4 is 11.7 Å². The van der Waals surface area contributed by atoms with E-state index in [9.17, 15) is 9.90 Å². The highest BCUT2D eigenvalue weighted by molar-refractivity contribution is 5.75. The van der Waals surface area contributed by atoms with E-state index < -0.39 is 11.9 Å². The molecular formula is C27H31N3O2. The summed E-state index contributed by atoms with van der Waals surface area (Å²) in [5.41, 5.74) is 5.53. The summed E-state index contributed by atoms with van der Waals surface area (Å²) in [4.78, 5) is 16.0. The molecule has 0 bridgehead atoms. The number of pyridine rings is 1. The molecule has 4 rings (SSSR count).